The molecule has 0 radical (unpaired) electrons. The molecule has 0 saturated carbocycles. The van der Waals surface area contributed by atoms with Crippen molar-refractivity contribution in [2.75, 3.05) is 26.4 Å². The molecule has 1 fully saturated rings. The lowest BCUT2D eigenvalue weighted by molar-refractivity contribution is -0.0855. The quantitative estimate of drug-likeness (QED) is 0.857. The summed E-state index contributed by atoms with van der Waals surface area (Å²) in [5.41, 5.74) is -4.61. The zero-order valence-electron chi connectivity index (χ0n) is 10.9. The van der Waals surface area contributed by atoms with E-state index in [2.05, 4.69) is 10.3 Å². The molecule has 1 aliphatic heterocycles. The highest BCUT2D eigenvalue weighted by Gasteiger charge is 2.32. The topological polar surface area (TPSA) is 60.5 Å². The first-order valence-electron chi connectivity index (χ1n) is 6.14. The minimum Gasteiger partial charge on any atom is -0.376 e. The Bertz CT molecular complexity index is 493. The average Bonchev–Trinajstić information content (AvgIpc) is 2.45. The molecular formula is C12H13F3N2O3S. The normalized spacial score (nSPS) is 19.3. The second-order valence-corrected chi connectivity index (χ2v) is 5.24. The van der Waals surface area contributed by atoms with Crippen molar-refractivity contribution in [1.82, 2.24) is 10.3 Å². The van der Waals surface area contributed by atoms with E-state index in [1.54, 1.807) is 0 Å². The first-order chi connectivity index (χ1) is 9.96. The van der Waals surface area contributed by atoms with E-state index >= 15 is 0 Å². The molecule has 1 aliphatic rings. The summed E-state index contributed by atoms with van der Waals surface area (Å²) in [4.78, 5) is 15.6. The Hall–Kier alpha value is -1.32. The van der Waals surface area contributed by atoms with Gasteiger partial charge in [-0.15, -0.1) is 0 Å². The highest BCUT2D eigenvalue weighted by molar-refractivity contribution is 8.00. The van der Waals surface area contributed by atoms with E-state index in [9.17, 15) is 18.0 Å². The number of nitrogens with one attached hydrogen (secondary N) is 1. The number of alkyl halides is 3. The van der Waals surface area contributed by atoms with E-state index in [1.165, 1.54) is 18.3 Å². The van der Waals surface area contributed by atoms with Crippen molar-refractivity contribution in [3.05, 3.63) is 23.9 Å². The molecular weight excluding hydrogens is 309 g/mol. The van der Waals surface area contributed by atoms with Crippen LogP contribution < -0.4 is 5.32 Å². The first-order valence-corrected chi connectivity index (χ1v) is 6.95. The molecule has 0 aliphatic carbocycles. The highest BCUT2D eigenvalue weighted by Crippen LogP contribution is 2.37. The standard InChI is InChI=1S/C12H13F3N2O3S/c13-12(14,15)21-11-9(2-1-3-16-11)10(18)17-6-8-7-19-4-5-20-8/h1-3,8H,4-7H2,(H,17,18)/t8-/m0/s1. The predicted octanol–water partition coefficient (Wildman–Crippen LogP) is 1.84. The van der Waals surface area contributed by atoms with Gasteiger partial charge in [0, 0.05) is 24.5 Å². The molecule has 116 valence electrons. The minimum atomic E-state index is -4.50. The van der Waals surface area contributed by atoms with Gasteiger partial charge in [0.05, 0.1) is 31.5 Å². The maximum atomic E-state index is 12.4. The Morgan fingerprint density at radius 1 is 1.48 bits per heavy atom. The zero-order chi connectivity index (χ0) is 15.3. The molecule has 0 unspecified atom stereocenters. The molecule has 2 rings (SSSR count). The molecule has 1 aromatic rings. The smallest absolute Gasteiger partial charge is 0.376 e. The summed E-state index contributed by atoms with van der Waals surface area (Å²) in [6.45, 7) is 1.45. The van der Waals surface area contributed by atoms with Crippen molar-refractivity contribution < 1.29 is 27.4 Å². The monoisotopic (exact) mass is 322 g/mol. The molecule has 1 aromatic heterocycles. The molecule has 1 atom stereocenters. The van der Waals surface area contributed by atoms with Crippen LogP contribution >= 0.6 is 11.8 Å². The number of hydrogen-bond acceptors (Lipinski definition) is 5. The van der Waals surface area contributed by atoms with Gasteiger partial charge in [-0.25, -0.2) is 4.98 Å². The lowest BCUT2D eigenvalue weighted by atomic mass is 10.2. The third-order valence-electron chi connectivity index (χ3n) is 2.60. The minimum absolute atomic E-state index is 0.114. The van der Waals surface area contributed by atoms with Gasteiger partial charge in [0.1, 0.15) is 5.03 Å². The van der Waals surface area contributed by atoms with Crippen molar-refractivity contribution in [1.29, 1.82) is 0 Å². The number of pyridine rings is 1. The van der Waals surface area contributed by atoms with E-state index in [1.807, 2.05) is 0 Å². The van der Waals surface area contributed by atoms with E-state index < -0.39 is 23.2 Å². The van der Waals surface area contributed by atoms with Crippen LogP contribution in [0.3, 0.4) is 0 Å². The zero-order valence-corrected chi connectivity index (χ0v) is 11.7. The number of hydrogen-bond donors (Lipinski definition) is 1. The Morgan fingerprint density at radius 3 is 2.95 bits per heavy atom. The molecule has 1 saturated heterocycles. The second kappa shape index (κ2) is 7.10. The molecule has 1 N–H and O–H groups in total. The van der Waals surface area contributed by atoms with Crippen molar-refractivity contribution in [3.63, 3.8) is 0 Å². The van der Waals surface area contributed by atoms with Crippen LogP contribution in [0.4, 0.5) is 13.2 Å². The summed E-state index contributed by atoms with van der Waals surface area (Å²) in [5, 5.41) is 2.16. The summed E-state index contributed by atoms with van der Waals surface area (Å²) in [5.74, 6) is -0.621. The Labute approximate surface area is 123 Å². The SMILES string of the molecule is O=C(NC[C@H]1COCCO1)c1cccnc1SC(F)(F)F. The van der Waals surface area contributed by atoms with Crippen molar-refractivity contribution >= 4 is 17.7 Å². The fraction of sp³-hybridized carbons (Fsp3) is 0.500. The highest BCUT2D eigenvalue weighted by atomic mass is 32.2. The number of carbonyl (C=O) groups is 1. The van der Waals surface area contributed by atoms with E-state index in [4.69, 9.17) is 9.47 Å². The van der Waals surface area contributed by atoms with Gasteiger partial charge in [-0.3, -0.25) is 4.79 Å². The maximum absolute atomic E-state index is 12.4. The van der Waals surface area contributed by atoms with Gasteiger partial charge in [0.15, 0.2) is 0 Å². The van der Waals surface area contributed by atoms with Crippen molar-refractivity contribution in [3.8, 4) is 0 Å². The van der Waals surface area contributed by atoms with Gasteiger partial charge in [-0.1, -0.05) is 0 Å². The van der Waals surface area contributed by atoms with Gasteiger partial charge in [0.25, 0.3) is 5.91 Å². The fourth-order valence-electron chi connectivity index (χ4n) is 1.71. The molecule has 9 heteroatoms. The third-order valence-corrected chi connectivity index (χ3v) is 3.35. The van der Waals surface area contributed by atoms with Crippen LogP contribution in [-0.4, -0.2) is 48.9 Å². The van der Waals surface area contributed by atoms with E-state index in [0.29, 0.717) is 19.8 Å². The van der Waals surface area contributed by atoms with E-state index in [0.717, 1.165) is 0 Å². The summed E-state index contributed by atoms with van der Waals surface area (Å²) < 4.78 is 47.8. The van der Waals surface area contributed by atoms with Crippen LogP contribution in [0.5, 0.6) is 0 Å². The lowest BCUT2D eigenvalue weighted by Gasteiger charge is -2.23. The van der Waals surface area contributed by atoms with Crippen molar-refractivity contribution in [2.24, 2.45) is 0 Å². The van der Waals surface area contributed by atoms with Crippen molar-refractivity contribution in [2.45, 2.75) is 16.6 Å². The fourth-order valence-corrected chi connectivity index (χ4v) is 2.31. The Kier molecular flexibility index (Phi) is 5.43. The number of halogens is 3. The van der Waals surface area contributed by atoms with Crippen LogP contribution in [-0.2, 0) is 9.47 Å². The van der Waals surface area contributed by atoms with Gasteiger partial charge >= 0.3 is 5.51 Å². The summed E-state index contributed by atoms with van der Waals surface area (Å²) in [6, 6.07) is 2.71. The number of rotatable bonds is 4. The van der Waals surface area contributed by atoms with Crippen LogP contribution in [0, 0.1) is 0 Å². The Morgan fingerprint density at radius 2 is 2.29 bits per heavy atom. The van der Waals surface area contributed by atoms with Gasteiger partial charge in [-0.05, 0) is 12.1 Å². The average molecular weight is 322 g/mol. The predicted molar refractivity (Wildman–Crippen MR) is 69.0 cm³/mol. The number of ether oxygens (including phenoxy) is 2. The molecule has 5 nitrogen and oxygen atoms in total. The third kappa shape index (κ3) is 5.18. The van der Waals surface area contributed by atoms with Crippen LogP contribution in [0.15, 0.2) is 23.4 Å². The van der Waals surface area contributed by atoms with Crippen LogP contribution in [0.1, 0.15) is 10.4 Å². The molecule has 1 amide bonds. The maximum Gasteiger partial charge on any atom is 0.447 e. The number of amides is 1. The number of carbonyl (C=O) groups excluding carboxylic acids is 1. The number of nitrogens with zero attached hydrogens (tertiary/aromatic N) is 1. The summed E-state index contributed by atoms with van der Waals surface area (Å²) >= 11 is -0.411. The summed E-state index contributed by atoms with van der Waals surface area (Å²) in [7, 11) is 0. The first kappa shape index (κ1) is 16.1. The molecule has 21 heavy (non-hydrogen) atoms. The number of aromatic nitrogens is 1. The molecule has 0 aromatic carbocycles. The summed E-state index contributed by atoms with van der Waals surface area (Å²) in [6.07, 6.45) is 0.918. The van der Waals surface area contributed by atoms with E-state index in [-0.39, 0.29) is 23.2 Å². The molecule has 2 heterocycles. The lowest BCUT2D eigenvalue weighted by Crippen LogP contribution is -2.39. The second-order valence-electron chi connectivity index (χ2n) is 4.18. The number of thioether (sulfide) groups is 1. The largest absolute Gasteiger partial charge is 0.447 e. The Balaban J connectivity index is 1.98. The van der Waals surface area contributed by atoms with Crippen LogP contribution in [0.25, 0.3) is 0 Å². The van der Waals surface area contributed by atoms with Gasteiger partial charge in [0.2, 0.25) is 0 Å². The van der Waals surface area contributed by atoms with Crippen LogP contribution in [0.2, 0.25) is 0 Å². The van der Waals surface area contributed by atoms with Gasteiger partial charge in [-0.2, -0.15) is 13.2 Å². The molecule has 0 bridgehead atoms. The molecule has 0 spiro atoms. The van der Waals surface area contributed by atoms with Gasteiger partial charge < -0.3 is 14.8 Å².